The summed E-state index contributed by atoms with van der Waals surface area (Å²) in [6.07, 6.45) is 3.14. The summed E-state index contributed by atoms with van der Waals surface area (Å²) in [5, 5.41) is 7.81. The van der Waals surface area contributed by atoms with Gasteiger partial charge in [-0.2, -0.15) is 10.2 Å². The SMILES string of the molecule is Cn1nccc1C(=O)N/N=C\c1cccc(Br)c1. The average molecular weight is 307 g/mol. The largest absolute Gasteiger partial charge is 0.289 e. The standard InChI is InChI=1S/C12H11BrN4O/c1-17-11(5-6-15-17)12(18)16-14-8-9-3-2-4-10(13)7-9/h2-8H,1H3,(H,16,18)/b14-8-. The monoisotopic (exact) mass is 306 g/mol. The van der Waals surface area contributed by atoms with Crippen LogP contribution < -0.4 is 5.43 Å². The molecule has 0 aliphatic carbocycles. The molecule has 2 aromatic rings. The van der Waals surface area contributed by atoms with Gasteiger partial charge in [-0.05, 0) is 23.8 Å². The second-order valence-corrected chi connectivity index (χ2v) is 4.51. The summed E-state index contributed by atoms with van der Waals surface area (Å²) in [4.78, 5) is 11.7. The van der Waals surface area contributed by atoms with Crippen LogP contribution in [0.5, 0.6) is 0 Å². The van der Waals surface area contributed by atoms with Crippen LogP contribution in [0.2, 0.25) is 0 Å². The quantitative estimate of drug-likeness (QED) is 0.696. The van der Waals surface area contributed by atoms with E-state index in [1.807, 2.05) is 24.3 Å². The first-order chi connectivity index (χ1) is 8.66. The molecule has 0 aliphatic heterocycles. The average Bonchev–Trinajstić information content (AvgIpc) is 2.75. The van der Waals surface area contributed by atoms with Crippen molar-refractivity contribution in [3.05, 3.63) is 52.3 Å². The maximum atomic E-state index is 11.7. The Morgan fingerprint density at radius 1 is 1.50 bits per heavy atom. The summed E-state index contributed by atoms with van der Waals surface area (Å²) >= 11 is 3.36. The fraction of sp³-hybridized carbons (Fsp3) is 0.0833. The number of nitrogens with one attached hydrogen (secondary N) is 1. The van der Waals surface area contributed by atoms with Crippen LogP contribution in [-0.2, 0) is 7.05 Å². The molecule has 1 aromatic heterocycles. The number of carbonyl (C=O) groups excluding carboxylic acids is 1. The number of aryl methyl sites for hydroxylation is 1. The van der Waals surface area contributed by atoms with Gasteiger partial charge in [0.05, 0.1) is 6.21 Å². The number of halogens is 1. The highest BCUT2D eigenvalue weighted by Gasteiger charge is 2.07. The van der Waals surface area contributed by atoms with Crippen molar-refractivity contribution in [2.24, 2.45) is 12.1 Å². The Balaban J connectivity index is 2.00. The number of amides is 1. The van der Waals surface area contributed by atoms with Crippen molar-refractivity contribution >= 4 is 28.1 Å². The molecule has 0 fully saturated rings. The highest BCUT2D eigenvalue weighted by molar-refractivity contribution is 9.10. The lowest BCUT2D eigenvalue weighted by Crippen LogP contribution is -2.20. The lowest BCUT2D eigenvalue weighted by molar-refractivity contribution is 0.0946. The zero-order valence-electron chi connectivity index (χ0n) is 9.67. The minimum atomic E-state index is -0.291. The molecule has 1 heterocycles. The Morgan fingerprint density at radius 2 is 2.33 bits per heavy atom. The fourth-order valence-corrected chi connectivity index (χ4v) is 1.82. The van der Waals surface area contributed by atoms with Crippen molar-refractivity contribution in [2.75, 3.05) is 0 Å². The Labute approximate surface area is 113 Å². The first kappa shape index (κ1) is 12.5. The first-order valence-electron chi connectivity index (χ1n) is 5.24. The molecule has 1 amide bonds. The Kier molecular flexibility index (Phi) is 3.88. The van der Waals surface area contributed by atoms with Gasteiger partial charge >= 0.3 is 0 Å². The van der Waals surface area contributed by atoms with E-state index < -0.39 is 0 Å². The molecule has 0 bridgehead atoms. The van der Waals surface area contributed by atoms with Gasteiger partial charge in [0.25, 0.3) is 5.91 Å². The van der Waals surface area contributed by atoms with Crippen LogP contribution in [0.15, 0.2) is 46.1 Å². The van der Waals surface area contributed by atoms with Crippen molar-refractivity contribution in [3.63, 3.8) is 0 Å². The smallest absolute Gasteiger partial charge is 0.266 e. The molecule has 0 saturated heterocycles. The van der Waals surface area contributed by atoms with Crippen LogP contribution in [0.3, 0.4) is 0 Å². The maximum absolute atomic E-state index is 11.7. The molecule has 0 spiro atoms. The van der Waals surface area contributed by atoms with E-state index >= 15 is 0 Å². The van der Waals surface area contributed by atoms with E-state index in [9.17, 15) is 4.79 Å². The van der Waals surface area contributed by atoms with Gasteiger partial charge in [-0.3, -0.25) is 9.48 Å². The number of hydrogen-bond donors (Lipinski definition) is 1. The van der Waals surface area contributed by atoms with Crippen LogP contribution in [0.4, 0.5) is 0 Å². The zero-order valence-corrected chi connectivity index (χ0v) is 11.3. The van der Waals surface area contributed by atoms with Gasteiger partial charge in [-0.25, -0.2) is 5.43 Å². The second kappa shape index (κ2) is 5.59. The van der Waals surface area contributed by atoms with E-state index in [0.29, 0.717) is 5.69 Å². The summed E-state index contributed by atoms with van der Waals surface area (Å²) in [6, 6.07) is 9.24. The molecule has 92 valence electrons. The normalized spacial score (nSPS) is 10.8. The lowest BCUT2D eigenvalue weighted by Gasteiger charge is -1.99. The van der Waals surface area contributed by atoms with Gasteiger partial charge in [-0.15, -0.1) is 0 Å². The van der Waals surface area contributed by atoms with E-state index in [1.54, 1.807) is 25.5 Å². The summed E-state index contributed by atoms with van der Waals surface area (Å²) < 4.78 is 2.45. The molecular weight excluding hydrogens is 296 g/mol. The molecule has 1 N–H and O–H groups in total. The fourth-order valence-electron chi connectivity index (χ4n) is 1.41. The molecule has 0 unspecified atom stereocenters. The van der Waals surface area contributed by atoms with Crippen molar-refractivity contribution in [3.8, 4) is 0 Å². The van der Waals surface area contributed by atoms with Crippen molar-refractivity contribution in [1.82, 2.24) is 15.2 Å². The zero-order chi connectivity index (χ0) is 13.0. The Morgan fingerprint density at radius 3 is 3.00 bits per heavy atom. The first-order valence-corrected chi connectivity index (χ1v) is 6.03. The van der Waals surface area contributed by atoms with E-state index in [2.05, 4.69) is 31.6 Å². The molecule has 0 atom stereocenters. The summed E-state index contributed by atoms with van der Waals surface area (Å²) in [5.74, 6) is -0.291. The van der Waals surface area contributed by atoms with Crippen LogP contribution in [0.1, 0.15) is 16.1 Å². The van der Waals surface area contributed by atoms with Gasteiger partial charge in [-0.1, -0.05) is 28.1 Å². The third-order valence-electron chi connectivity index (χ3n) is 2.28. The summed E-state index contributed by atoms with van der Waals surface area (Å²) in [5.41, 5.74) is 3.81. The molecule has 0 saturated carbocycles. The van der Waals surface area contributed by atoms with Crippen LogP contribution >= 0.6 is 15.9 Å². The molecule has 2 rings (SSSR count). The summed E-state index contributed by atoms with van der Waals surface area (Å²) in [6.45, 7) is 0. The van der Waals surface area contributed by atoms with Gasteiger partial charge in [0.1, 0.15) is 5.69 Å². The third kappa shape index (κ3) is 3.04. The lowest BCUT2D eigenvalue weighted by atomic mass is 10.2. The predicted octanol–water partition coefficient (Wildman–Crippen LogP) is 1.95. The molecule has 0 aliphatic rings. The number of benzene rings is 1. The second-order valence-electron chi connectivity index (χ2n) is 3.59. The van der Waals surface area contributed by atoms with Crippen LogP contribution in [-0.4, -0.2) is 21.9 Å². The maximum Gasteiger partial charge on any atom is 0.289 e. The number of carbonyl (C=O) groups is 1. The molecular formula is C12H11BrN4O. The molecule has 0 radical (unpaired) electrons. The van der Waals surface area contributed by atoms with Gasteiger partial charge in [0.2, 0.25) is 0 Å². The van der Waals surface area contributed by atoms with Crippen molar-refractivity contribution in [2.45, 2.75) is 0 Å². The van der Waals surface area contributed by atoms with Gasteiger partial charge in [0, 0.05) is 17.7 Å². The van der Waals surface area contributed by atoms with E-state index in [-0.39, 0.29) is 5.91 Å². The Hall–Kier alpha value is -1.95. The highest BCUT2D eigenvalue weighted by Crippen LogP contribution is 2.09. The van der Waals surface area contributed by atoms with Crippen LogP contribution in [0.25, 0.3) is 0 Å². The molecule has 1 aromatic carbocycles. The minimum Gasteiger partial charge on any atom is -0.266 e. The van der Waals surface area contributed by atoms with E-state index in [0.717, 1.165) is 10.0 Å². The summed E-state index contributed by atoms with van der Waals surface area (Å²) in [7, 11) is 1.70. The number of hydrogen-bond acceptors (Lipinski definition) is 3. The predicted molar refractivity (Wildman–Crippen MR) is 72.4 cm³/mol. The van der Waals surface area contributed by atoms with E-state index in [1.165, 1.54) is 4.68 Å². The molecule has 6 heteroatoms. The third-order valence-corrected chi connectivity index (χ3v) is 2.78. The number of nitrogens with zero attached hydrogens (tertiary/aromatic N) is 3. The Bertz CT molecular complexity index is 591. The number of rotatable bonds is 3. The van der Waals surface area contributed by atoms with Crippen LogP contribution in [0, 0.1) is 0 Å². The van der Waals surface area contributed by atoms with Gasteiger partial charge in [0.15, 0.2) is 0 Å². The van der Waals surface area contributed by atoms with Crippen molar-refractivity contribution < 1.29 is 4.79 Å². The minimum absolute atomic E-state index is 0.291. The van der Waals surface area contributed by atoms with Crippen molar-refractivity contribution in [1.29, 1.82) is 0 Å². The van der Waals surface area contributed by atoms with E-state index in [4.69, 9.17) is 0 Å². The highest BCUT2D eigenvalue weighted by atomic mass is 79.9. The topological polar surface area (TPSA) is 59.3 Å². The number of hydrazone groups is 1. The molecule has 18 heavy (non-hydrogen) atoms. The van der Waals surface area contributed by atoms with Gasteiger partial charge < -0.3 is 0 Å². The molecule has 5 nitrogen and oxygen atoms in total. The number of aromatic nitrogens is 2.